The van der Waals surface area contributed by atoms with E-state index in [1.54, 1.807) is 5.43 Å². The number of terminal acetylenes is 1. The fourth-order valence-electron chi connectivity index (χ4n) is 2.25. The Hall–Kier alpha value is -2.94. The molecular formula is C18H10BrF7N2O2. The van der Waals surface area contributed by atoms with Crippen molar-refractivity contribution in [3.8, 4) is 23.8 Å². The van der Waals surface area contributed by atoms with Crippen LogP contribution in [0.3, 0.4) is 0 Å². The van der Waals surface area contributed by atoms with E-state index in [0.29, 0.717) is 4.47 Å². The van der Waals surface area contributed by atoms with Gasteiger partial charge in [-0.05, 0) is 12.1 Å². The molecule has 0 bridgehead atoms. The van der Waals surface area contributed by atoms with Crippen molar-refractivity contribution in [2.24, 2.45) is 5.10 Å². The predicted molar refractivity (Wildman–Crippen MR) is 97.5 cm³/mol. The van der Waals surface area contributed by atoms with E-state index in [2.05, 4.69) is 27.0 Å². The topological polar surface area (TPSA) is 42.8 Å². The van der Waals surface area contributed by atoms with Crippen LogP contribution >= 0.6 is 15.9 Å². The molecule has 2 rings (SSSR count). The summed E-state index contributed by atoms with van der Waals surface area (Å²) < 4.78 is 104. The number of nitrogens with zero attached hydrogens (tertiary/aromatic N) is 1. The fraction of sp³-hybridized carbons (Fsp3) is 0.167. The molecule has 12 heteroatoms. The van der Waals surface area contributed by atoms with Crippen LogP contribution in [0.15, 0.2) is 21.7 Å². The number of ether oxygens (including phenoxy) is 2. The van der Waals surface area contributed by atoms with Gasteiger partial charge in [-0.15, -0.1) is 6.42 Å². The van der Waals surface area contributed by atoms with Gasteiger partial charge >= 0.3 is 6.18 Å². The van der Waals surface area contributed by atoms with Gasteiger partial charge in [-0.3, -0.25) is 5.43 Å². The summed E-state index contributed by atoms with van der Waals surface area (Å²) in [5.41, 5.74) is -2.44. The second-order valence-electron chi connectivity index (χ2n) is 5.39. The summed E-state index contributed by atoms with van der Waals surface area (Å²) in [4.78, 5) is 0. The van der Waals surface area contributed by atoms with Crippen molar-refractivity contribution < 1.29 is 40.2 Å². The molecule has 0 aromatic heterocycles. The van der Waals surface area contributed by atoms with Gasteiger partial charge in [0, 0.05) is 10.0 Å². The van der Waals surface area contributed by atoms with E-state index >= 15 is 0 Å². The van der Waals surface area contributed by atoms with Crippen molar-refractivity contribution in [1.29, 1.82) is 0 Å². The summed E-state index contributed by atoms with van der Waals surface area (Å²) in [7, 11) is 1.32. The number of nitrogens with one attached hydrogen (secondary N) is 1. The number of anilines is 1. The molecule has 2 aromatic carbocycles. The Labute approximate surface area is 173 Å². The Morgan fingerprint density at radius 3 is 2.23 bits per heavy atom. The van der Waals surface area contributed by atoms with Crippen LogP contribution in [0.5, 0.6) is 11.5 Å². The summed E-state index contributed by atoms with van der Waals surface area (Å²) in [6, 6.07) is 2.94. The molecule has 0 aliphatic heterocycles. The second kappa shape index (κ2) is 9.25. The van der Waals surface area contributed by atoms with Gasteiger partial charge in [0.15, 0.2) is 34.8 Å². The van der Waals surface area contributed by atoms with Gasteiger partial charge in [-0.1, -0.05) is 21.9 Å². The third kappa shape index (κ3) is 4.79. The van der Waals surface area contributed by atoms with Gasteiger partial charge in [-0.2, -0.15) is 18.3 Å². The number of alkyl halides is 3. The number of hydrogen-bond acceptors (Lipinski definition) is 4. The molecule has 0 amide bonds. The van der Waals surface area contributed by atoms with Crippen LogP contribution in [-0.2, 0) is 6.18 Å². The second-order valence-corrected chi connectivity index (χ2v) is 6.31. The number of rotatable bonds is 6. The molecule has 0 aliphatic carbocycles. The lowest BCUT2D eigenvalue weighted by molar-refractivity contribution is -0.143. The quantitative estimate of drug-likeness (QED) is 0.188. The standard InChI is InChI=1S/C18H10BrF7N2O2/c1-3-4-30-17-8(5-9(19)6-10(17)29-2)7-27-28-16-14(22)12(20)11(18(24,25)26)13(21)15(16)23/h1,5-7,28H,4H2,2H3/b27-7-. The Bertz CT molecular complexity index is 1000. The summed E-state index contributed by atoms with van der Waals surface area (Å²) in [5.74, 6) is -7.32. The molecule has 30 heavy (non-hydrogen) atoms. The van der Waals surface area contributed by atoms with Gasteiger partial charge in [0.2, 0.25) is 0 Å². The monoisotopic (exact) mass is 498 g/mol. The van der Waals surface area contributed by atoms with Crippen LogP contribution in [0.2, 0.25) is 0 Å². The lowest BCUT2D eigenvalue weighted by Crippen LogP contribution is -2.16. The maximum atomic E-state index is 13.9. The molecule has 0 radical (unpaired) electrons. The predicted octanol–water partition coefficient (Wildman–Crippen LogP) is 5.49. The molecule has 0 heterocycles. The van der Waals surface area contributed by atoms with Crippen LogP contribution in [0.25, 0.3) is 0 Å². The molecular weight excluding hydrogens is 489 g/mol. The van der Waals surface area contributed by atoms with E-state index in [9.17, 15) is 30.7 Å². The maximum Gasteiger partial charge on any atom is 0.422 e. The normalized spacial score (nSPS) is 11.5. The van der Waals surface area contributed by atoms with Crippen molar-refractivity contribution in [3.05, 3.63) is 51.0 Å². The first-order valence-electron chi connectivity index (χ1n) is 7.68. The zero-order chi connectivity index (χ0) is 22.6. The van der Waals surface area contributed by atoms with Crippen LogP contribution in [0.1, 0.15) is 11.1 Å². The third-order valence-electron chi connectivity index (χ3n) is 3.49. The Morgan fingerprint density at radius 2 is 1.73 bits per heavy atom. The maximum absolute atomic E-state index is 13.9. The molecule has 0 saturated carbocycles. The average Bonchev–Trinajstić information content (AvgIpc) is 2.66. The SMILES string of the molecule is C#CCOc1c(/C=N\Nc2c(F)c(F)c(C(F)(F)F)c(F)c2F)cc(Br)cc1OC. The minimum atomic E-state index is -5.65. The van der Waals surface area contributed by atoms with Crippen molar-refractivity contribution >= 4 is 27.8 Å². The summed E-state index contributed by atoms with van der Waals surface area (Å²) in [6.07, 6.45) is 0.400. The van der Waals surface area contributed by atoms with E-state index < -0.39 is 40.7 Å². The van der Waals surface area contributed by atoms with Crippen LogP contribution in [-0.4, -0.2) is 19.9 Å². The van der Waals surface area contributed by atoms with Gasteiger partial charge in [0.1, 0.15) is 17.9 Å². The highest BCUT2D eigenvalue weighted by molar-refractivity contribution is 9.10. The Kier molecular flexibility index (Phi) is 7.20. The minimum absolute atomic E-state index is 0.0786. The average molecular weight is 499 g/mol. The van der Waals surface area contributed by atoms with Gasteiger partial charge in [-0.25, -0.2) is 17.6 Å². The Balaban J connectivity index is 2.46. The highest BCUT2D eigenvalue weighted by Gasteiger charge is 2.42. The van der Waals surface area contributed by atoms with Crippen molar-refractivity contribution in [3.63, 3.8) is 0 Å². The molecule has 0 aliphatic rings. The highest BCUT2D eigenvalue weighted by atomic mass is 79.9. The van der Waals surface area contributed by atoms with E-state index in [0.717, 1.165) is 6.21 Å². The molecule has 0 unspecified atom stereocenters. The lowest BCUT2D eigenvalue weighted by atomic mass is 10.1. The highest BCUT2D eigenvalue weighted by Crippen LogP contribution is 2.38. The third-order valence-corrected chi connectivity index (χ3v) is 3.95. The number of hydrogen-bond donors (Lipinski definition) is 1. The fourth-order valence-corrected chi connectivity index (χ4v) is 2.70. The molecule has 0 spiro atoms. The smallest absolute Gasteiger partial charge is 0.422 e. The first-order valence-corrected chi connectivity index (χ1v) is 8.48. The molecule has 0 fully saturated rings. The molecule has 4 nitrogen and oxygen atoms in total. The molecule has 1 N–H and O–H groups in total. The van der Waals surface area contributed by atoms with Crippen molar-refractivity contribution in [2.75, 3.05) is 19.1 Å². The van der Waals surface area contributed by atoms with E-state index in [4.69, 9.17) is 15.9 Å². The molecule has 0 saturated heterocycles. The largest absolute Gasteiger partial charge is 0.493 e. The molecule has 2 aromatic rings. The Morgan fingerprint density at radius 1 is 1.13 bits per heavy atom. The summed E-state index contributed by atoms with van der Waals surface area (Å²) in [6.45, 7) is -0.176. The van der Waals surface area contributed by atoms with Gasteiger partial charge < -0.3 is 9.47 Å². The molecule has 160 valence electrons. The van der Waals surface area contributed by atoms with E-state index in [-0.39, 0.29) is 23.7 Å². The van der Waals surface area contributed by atoms with Crippen LogP contribution < -0.4 is 14.9 Å². The first-order chi connectivity index (χ1) is 14.0. The van der Waals surface area contributed by atoms with Crippen LogP contribution in [0.4, 0.5) is 36.4 Å². The number of methoxy groups -OCH3 is 1. The number of halogens is 8. The minimum Gasteiger partial charge on any atom is -0.493 e. The zero-order valence-corrected chi connectivity index (χ0v) is 16.4. The molecule has 0 atom stereocenters. The first kappa shape index (κ1) is 23.3. The van der Waals surface area contributed by atoms with Crippen LogP contribution in [0, 0.1) is 35.6 Å². The number of benzene rings is 2. The van der Waals surface area contributed by atoms with Gasteiger partial charge in [0.05, 0.1) is 13.3 Å². The number of hydrazone groups is 1. The van der Waals surface area contributed by atoms with Crippen molar-refractivity contribution in [2.45, 2.75) is 6.18 Å². The van der Waals surface area contributed by atoms with Crippen molar-refractivity contribution in [1.82, 2.24) is 0 Å². The lowest BCUT2D eigenvalue weighted by Gasteiger charge is -2.14. The van der Waals surface area contributed by atoms with E-state index in [1.165, 1.54) is 19.2 Å². The summed E-state index contributed by atoms with van der Waals surface area (Å²) >= 11 is 3.18. The van der Waals surface area contributed by atoms with E-state index in [1.807, 2.05) is 0 Å². The zero-order valence-electron chi connectivity index (χ0n) is 14.8. The summed E-state index contributed by atoms with van der Waals surface area (Å²) in [5, 5.41) is 3.42. The van der Waals surface area contributed by atoms with Gasteiger partial charge in [0.25, 0.3) is 0 Å².